The predicted octanol–water partition coefficient (Wildman–Crippen LogP) is 2.59. The predicted molar refractivity (Wildman–Crippen MR) is 85.0 cm³/mol. The van der Waals surface area contributed by atoms with Crippen molar-refractivity contribution in [1.29, 1.82) is 0 Å². The van der Waals surface area contributed by atoms with Crippen molar-refractivity contribution in [3.8, 4) is 5.75 Å². The number of nitrogens with zero attached hydrogens (tertiary/aromatic N) is 1. The highest BCUT2D eigenvalue weighted by atomic mass is 16.5. The van der Waals surface area contributed by atoms with Gasteiger partial charge in [-0.25, -0.2) is 0 Å². The second kappa shape index (κ2) is 8.41. The third kappa shape index (κ3) is 5.39. The lowest BCUT2D eigenvalue weighted by Crippen LogP contribution is -2.41. The van der Waals surface area contributed by atoms with Crippen LogP contribution in [-0.4, -0.2) is 41.6 Å². The third-order valence-electron chi connectivity index (χ3n) is 3.53. The minimum atomic E-state index is -0.987. The lowest BCUT2D eigenvalue weighted by molar-refractivity contribution is -0.146. The van der Waals surface area contributed by atoms with Gasteiger partial charge in [0, 0.05) is 12.5 Å². The summed E-state index contributed by atoms with van der Waals surface area (Å²) in [5.41, 5.74) is 1.06. The Morgan fingerprint density at radius 1 is 1.23 bits per heavy atom. The van der Waals surface area contributed by atoms with Gasteiger partial charge in [-0.1, -0.05) is 25.1 Å². The SMILES string of the molecule is COc1ccccc1CC(C)CC(=O)N(CC(=O)O)C(C)C. The van der Waals surface area contributed by atoms with Gasteiger partial charge in [0.05, 0.1) is 7.11 Å². The first-order valence-corrected chi connectivity index (χ1v) is 7.48. The van der Waals surface area contributed by atoms with Crippen molar-refractivity contribution in [3.05, 3.63) is 29.8 Å². The molecule has 0 radical (unpaired) electrons. The fraction of sp³-hybridized carbons (Fsp3) is 0.529. The second-order valence-corrected chi connectivity index (χ2v) is 5.83. The fourth-order valence-corrected chi connectivity index (χ4v) is 2.44. The van der Waals surface area contributed by atoms with Gasteiger partial charge in [0.25, 0.3) is 0 Å². The standard InChI is InChI=1S/C17H25NO4/c1-12(2)18(11-17(20)21)16(19)10-13(3)9-14-7-5-6-8-15(14)22-4/h5-8,12-13H,9-11H2,1-4H3,(H,20,21). The van der Waals surface area contributed by atoms with Crippen LogP contribution in [0.2, 0.25) is 0 Å². The van der Waals surface area contributed by atoms with Gasteiger partial charge in [-0.05, 0) is 37.8 Å². The van der Waals surface area contributed by atoms with Crippen molar-refractivity contribution in [2.24, 2.45) is 5.92 Å². The first kappa shape index (κ1) is 18.0. The molecule has 0 saturated heterocycles. The van der Waals surface area contributed by atoms with Crippen LogP contribution in [0.3, 0.4) is 0 Å². The van der Waals surface area contributed by atoms with Gasteiger partial charge in [0.15, 0.2) is 0 Å². The van der Waals surface area contributed by atoms with Gasteiger partial charge in [-0.2, -0.15) is 0 Å². The number of hydrogen-bond acceptors (Lipinski definition) is 3. The van der Waals surface area contributed by atoms with Gasteiger partial charge in [0.1, 0.15) is 12.3 Å². The molecular weight excluding hydrogens is 282 g/mol. The van der Waals surface area contributed by atoms with Gasteiger partial charge in [-0.3, -0.25) is 9.59 Å². The molecule has 1 rings (SSSR count). The van der Waals surface area contributed by atoms with Crippen LogP contribution in [0.25, 0.3) is 0 Å². The molecule has 0 saturated carbocycles. The number of methoxy groups -OCH3 is 1. The third-order valence-corrected chi connectivity index (χ3v) is 3.53. The van der Waals surface area contributed by atoms with E-state index >= 15 is 0 Å². The van der Waals surface area contributed by atoms with Crippen LogP contribution in [0.5, 0.6) is 5.75 Å². The minimum Gasteiger partial charge on any atom is -0.496 e. The maximum absolute atomic E-state index is 12.3. The Kier molecular flexibility index (Phi) is 6.89. The number of hydrogen-bond donors (Lipinski definition) is 1. The highest BCUT2D eigenvalue weighted by molar-refractivity contribution is 5.81. The van der Waals surface area contributed by atoms with E-state index in [-0.39, 0.29) is 24.4 Å². The highest BCUT2D eigenvalue weighted by Gasteiger charge is 2.22. The zero-order chi connectivity index (χ0) is 16.7. The van der Waals surface area contributed by atoms with E-state index in [4.69, 9.17) is 9.84 Å². The molecule has 1 amide bonds. The largest absolute Gasteiger partial charge is 0.496 e. The average Bonchev–Trinajstić information content (AvgIpc) is 2.44. The molecule has 1 unspecified atom stereocenters. The molecule has 0 fully saturated rings. The molecule has 122 valence electrons. The average molecular weight is 307 g/mol. The Balaban J connectivity index is 2.68. The number of carboxylic acid groups (broad SMARTS) is 1. The van der Waals surface area contributed by atoms with Crippen LogP contribution in [-0.2, 0) is 16.0 Å². The fourth-order valence-electron chi connectivity index (χ4n) is 2.44. The highest BCUT2D eigenvalue weighted by Crippen LogP contribution is 2.22. The summed E-state index contributed by atoms with van der Waals surface area (Å²) in [7, 11) is 1.63. The van der Waals surface area contributed by atoms with E-state index in [1.165, 1.54) is 4.90 Å². The van der Waals surface area contributed by atoms with E-state index in [0.717, 1.165) is 17.7 Å². The summed E-state index contributed by atoms with van der Waals surface area (Å²) in [6.07, 6.45) is 1.04. The Morgan fingerprint density at radius 3 is 2.41 bits per heavy atom. The van der Waals surface area contributed by atoms with Crippen molar-refractivity contribution < 1.29 is 19.4 Å². The van der Waals surface area contributed by atoms with Crippen molar-refractivity contribution in [3.63, 3.8) is 0 Å². The molecule has 0 spiro atoms. The number of para-hydroxylation sites is 1. The Labute approximate surface area is 131 Å². The number of benzene rings is 1. The second-order valence-electron chi connectivity index (χ2n) is 5.83. The topological polar surface area (TPSA) is 66.8 Å². The molecule has 1 aromatic rings. The minimum absolute atomic E-state index is 0.110. The summed E-state index contributed by atoms with van der Waals surface area (Å²) in [6.45, 7) is 5.39. The molecule has 5 heteroatoms. The maximum Gasteiger partial charge on any atom is 0.323 e. The zero-order valence-electron chi connectivity index (χ0n) is 13.7. The smallest absolute Gasteiger partial charge is 0.323 e. The normalized spacial score (nSPS) is 12.0. The summed E-state index contributed by atoms with van der Waals surface area (Å²) in [6, 6.07) is 7.61. The summed E-state index contributed by atoms with van der Waals surface area (Å²) in [5.74, 6) is -0.189. The molecule has 0 aromatic heterocycles. The molecule has 0 aliphatic heterocycles. The zero-order valence-corrected chi connectivity index (χ0v) is 13.7. The van der Waals surface area contributed by atoms with Crippen LogP contribution in [0.1, 0.15) is 32.8 Å². The number of carbonyl (C=O) groups excluding carboxylic acids is 1. The summed E-state index contributed by atoms with van der Waals surface area (Å²) < 4.78 is 5.32. The van der Waals surface area contributed by atoms with Crippen molar-refractivity contribution in [2.75, 3.05) is 13.7 Å². The molecule has 0 aliphatic rings. The van der Waals surface area contributed by atoms with E-state index in [1.807, 2.05) is 45.0 Å². The number of carboxylic acids is 1. The van der Waals surface area contributed by atoms with E-state index in [2.05, 4.69) is 0 Å². The molecule has 22 heavy (non-hydrogen) atoms. The monoisotopic (exact) mass is 307 g/mol. The Morgan fingerprint density at radius 2 is 1.86 bits per heavy atom. The van der Waals surface area contributed by atoms with Crippen molar-refractivity contribution >= 4 is 11.9 Å². The van der Waals surface area contributed by atoms with Gasteiger partial charge >= 0.3 is 5.97 Å². The molecule has 5 nitrogen and oxygen atoms in total. The Hall–Kier alpha value is -2.04. The molecule has 1 atom stereocenters. The quantitative estimate of drug-likeness (QED) is 0.801. The van der Waals surface area contributed by atoms with Gasteiger partial charge in [-0.15, -0.1) is 0 Å². The first-order valence-electron chi connectivity index (χ1n) is 7.48. The number of aliphatic carboxylic acids is 1. The van der Waals surface area contributed by atoms with E-state index in [9.17, 15) is 9.59 Å². The lowest BCUT2D eigenvalue weighted by Gasteiger charge is -2.26. The van der Waals surface area contributed by atoms with Crippen molar-refractivity contribution in [1.82, 2.24) is 4.90 Å². The number of amides is 1. The summed E-state index contributed by atoms with van der Waals surface area (Å²) >= 11 is 0. The molecule has 0 bridgehead atoms. The van der Waals surface area contributed by atoms with Crippen LogP contribution in [0.15, 0.2) is 24.3 Å². The van der Waals surface area contributed by atoms with E-state index in [1.54, 1.807) is 7.11 Å². The van der Waals surface area contributed by atoms with E-state index in [0.29, 0.717) is 6.42 Å². The number of carbonyl (C=O) groups is 2. The molecular formula is C17H25NO4. The van der Waals surface area contributed by atoms with Crippen LogP contribution in [0.4, 0.5) is 0 Å². The first-order chi connectivity index (χ1) is 10.3. The van der Waals surface area contributed by atoms with Crippen molar-refractivity contribution in [2.45, 2.75) is 39.7 Å². The summed E-state index contributed by atoms with van der Waals surface area (Å²) in [4.78, 5) is 24.6. The molecule has 0 aliphatic carbocycles. The number of ether oxygens (including phenoxy) is 1. The molecule has 0 heterocycles. The lowest BCUT2D eigenvalue weighted by atomic mass is 9.96. The molecule has 1 aromatic carbocycles. The van der Waals surface area contributed by atoms with Crippen LogP contribution >= 0.6 is 0 Å². The van der Waals surface area contributed by atoms with E-state index < -0.39 is 5.97 Å². The van der Waals surface area contributed by atoms with Crippen LogP contribution in [0, 0.1) is 5.92 Å². The van der Waals surface area contributed by atoms with Gasteiger partial charge < -0.3 is 14.7 Å². The summed E-state index contributed by atoms with van der Waals surface area (Å²) in [5, 5.41) is 8.91. The Bertz CT molecular complexity index is 513. The molecule has 1 N–H and O–H groups in total. The maximum atomic E-state index is 12.3. The van der Waals surface area contributed by atoms with Gasteiger partial charge in [0.2, 0.25) is 5.91 Å². The van der Waals surface area contributed by atoms with Crippen LogP contribution < -0.4 is 4.74 Å². The number of rotatable bonds is 8.